The normalized spacial score (nSPS) is 11.3. The van der Waals surface area contributed by atoms with Crippen LogP contribution in [0.25, 0.3) is 10.5 Å². The van der Waals surface area contributed by atoms with Gasteiger partial charge in [0.1, 0.15) is 10.6 Å². The van der Waals surface area contributed by atoms with Crippen LogP contribution in [0.5, 0.6) is 5.88 Å². The van der Waals surface area contributed by atoms with E-state index in [9.17, 15) is 18.3 Å². The van der Waals surface area contributed by atoms with Gasteiger partial charge in [0.25, 0.3) is 21.3 Å². The number of anilines is 1. The molecule has 17 heteroatoms. The molecule has 0 amide bonds. The van der Waals surface area contributed by atoms with Crippen molar-refractivity contribution in [3.8, 4) is 11.6 Å². The maximum atomic E-state index is 13.5. The maximum Gasteiger partial charge on any atom is 0.283 e. The molecule has 0 atom stereocenters. The van der Waals surface area contributed by atoms with Gasteiger partial charge < -0.3 is 5.11 Å². The van der Waals surface area contributed by atoms with E-state index in [1.54, 1.807) is 18.4 Å². The van der Waals surface area contributed by atoms with Crippen molar-refractivity contribution in [2.75, 3.05) is 11.0 Å². The summed E-state index contributed by atoms with van der Waals surface area (Å²) in [5, 5.41) is 18.9. The van der Waals surface area contributed by atoms with Crippen LogP contribution in [0.3, 0.4) is 0 Å². The Morgan fingerprint density at radius 1 is 1.10 bits per heavy atom. The maximum absolute atomic E-state index is 13.5. The summed E-state index contributed by atoms with van der Waals surface area (Å²) >= 11 is 15.1. The third kappa shape index (κ3) is 6.99. The van der Waals surface area contributed by atoms with E-state index in [1.807, 2.05) is 19.9 Å². The van der Waals surface area contributed by atoms with Crippen LogP contribution in [0.2, 0.25) is 10.0 Å². The number of benzene rings is 2. The van der Waals surface area contributed by atoms with Crippen molar-refractivity contribution >= 4 is 78.7 Å². The molecule has 0 aliphatic rings. The van der Waals surface area contributed by atoms with Crippen LogP contribution in [0, 0.1) is 27.3 Å². The minimum Gasteiger partial charge on any atom is -0.502 e. The molecule has 0 fully saturated rings. The summed E-state index contributed by atoms with van der Waals surface area (Å²) in [6, 6.07) is 7.37. The number of thioether (sulfide) groups is 1. The van der Waals surface area contributed by atoms with Crippen LogP contribution in [-0.4, -0.2) is 33.7 Å². The monoisotopic (exact) mass is 724 g/mol. The summed E-state index contributed by atoms with van der Waals surface area (Å²) in [6.07, 6.45) is 1.79. The van der Waals surface area contributed by atoms with Crippen LogP contribution in [0.1, 0.15) is 16.7 Å². The molecule has 0 aliphatic heterocycles. The van der Waals surface area contributed by atoms with E-state index in [0.717, 1.165) is 39.4 Å². The summed E-state index contributed by atoms with van der Waals surface area (Å²) in [4.78, 5) is 20.6. The summed E-state index contributed by atoms with van der Waals surface area (Å²) in [5.41, 5.74) is 0.533. The Hall–Kier alpha value is -2.38. The molecule has 2 aromatic carbocycles. The number of aryl methyl sites for hydroxylation is 2. The van der Waals surface area contributed by atoms with Crippen molar-refractivity contribution in [1.29, 1.82) is 0 Å². The molecule has 0 saturated carbocycles. The topological polar surface area (TPSA) is 143 Å². The van der Waals surface area contributed by atoms with Crippen molar-refractivity contribution in [3.63, 3.8) is 0 Å². The first-order valence-electron chi connectivity index (χ1n) is 11.1. The number of halogens is 2. The Bertz CT molecular complexity index is 1880. The quantitative estimate of drug-likeness (QED) is 0.117. The van der Waals surface area contributed by atoms with E-state index >= 15 is 0 Å². The van der Waals surface area contributed by atoms with Crippen molar-refractivity contribution in [2.45, 2.75) is 30.8 Å². The largest absolute Gasteiger partial charge is 0.502 e. The number of rotatable bonds is 7. The number of pyridine rings is 1. The van der Waals surface area contributed by atoms with Crippen LogP contribution in [0.15, 0.2) is 55.4 Å². The second-order valence-electron chi connectivity index (χ2n) is 8.38. The van der Waals surface area contributed by atoms with Gasteiger partial charge in [0.15, 0.2) is 0 Å². The van der Waals surface area contributed by atoms with Crippen LogP contribution < -0.4 is 10.3 Å². The van der Waals surface area contributed by atoms with Crippen LogP contribution >= 0.6 is 46.5 Å². The number of nitrogens with one attached hydrogen (secondary N) is 1. The molecule has 2 N–H and O–H groups in total. The van der Waals surface area contributed by atoms with Gasteiger partial charge in [0.2, 0.25) is 16.2 Å². The van der Waals surface area contributed by atoms with Gasteiger partial charge in [-0.1, -0.05) is 41.0 Å². The number of aromatic hydroxyl groups is 1. The van der Waals surface area contributed by atoms with Gasteiger partial charge in [-0.2, -0.15) is 9.36 Å². The van der Waals surface area contributed by atoms with Crippen molar-refractivity contribution in [1.82, 2.24) is 13.9 Å². The van der Waals surface area contributed by atoms with E-state index in [2.05, 4.69) is 29.2 Å². The molecule has 0 saturated heterocycles. The molecule has 1 radical (unpaired) electrons. The Morgan fingerprint density at radius 3 is 2.34 bits per heavy atom. The number of azo groups is 1. The standard InChI is InChI=1S/C24H19Cl2N7O4S3.Y/c1-11-6-12(2)8-14(7-11)32-40(36,37)18-10-15(25)17(9-16(18)26)33-21(34)19(27-4)13(3)20(22(33)35)29-30-23-28-24(38-5)31-39-23;/h6-10,32,34H,1-3,5H3;. The minimum absolute atomic E-state index is 0. The molecule has 2 heterocycles. The molecule has 4 rings (SSSR count). The van der Waals surface area contributed by atoms with E-state index in [-0.39, 0.29) is 75.4 Å². The predicted molar refractivity (Wildman–Crippen MR) is 157 cm³/mol. The number of aromatic nitrogens is 3. The first kappa shape index (κ1) is 33.1. The predicted octanol–water partition coefficient (Wildman–Crippen LogP) is 7.11. The zero-order chi connectivity index (χ0) is 29.4. The number of hydrogen-bond donors (Lipinski definition) is 2. The Kier molecular flexibility index (Phi) is 10.7. The summed E-state index contributed by atoms with van der Waals surface area (Å²) in [7, 11) is -4.20. The summed E-state index contributed by atoms with van der Waals surface area (Å²) in [5.74, 6) is -0.723. The van der Waals surface area contributed by atoms with Gasteiger partial charge in [-0.15, -0.1) is 10.2 Å². The average molecular weight is 725 g/mol. The van der Waals surface area contributed by atoms with Gasteiger partial charge in [-0.05, 0) is 68.0 Å². The second kappa shape index (κ2) is 13.3. The summed E-state index contributed by atoms with van der Waals surface area (Å²) in [6.45, 7) is 12.6. The van der Waals surface area contributed by atoms with Gasteiger partial charge in [0.05, 0.1) is 22.3 Å². The molecule has 41 heavy (non-hydrogen) atoms. The molecule has 11 nitrogen and oxygen atoms in total. The zero-order valence-electron chi connectivity index (χ0n) is 21.8. The van der Waals surface area contributed by atoms with Gasteiger partial charge >= 0.3 is 0 Å². The fourth-order valence-electron chi connectivity index (χ4n) is 3.78. The zero-order valence-corrected chi connectivity index (χ0v) is 28.6. The van der Waals surface area contributed by atoms with E-state index in [1.165, 1.54) is 18.7 Å². The van der Waals surface area contributed by atoms with Gasteiger partial charge in [-0.3, -0.25) is 14.1 Å². The molecule has 4 aromatic rings. The van der Waals surface area contributed by atoms with E-state index < -0.39 is 21.5 Å². The molecule has 0 unspecified atom stereocenters. The third-order valence-electron chi connectivity index (χ3n) is 5.47. The Labute approximate surface area is 279 Å². The number of nitrogens with zero attached hydrogens (tertiary/aromatic N) is 6. The smallest absolute Gasteiger partial charge is 0.283 e. The fourth-order valence-corrected chi connectivity index (χ4v) is 6.73. The number of sulfonamides is 1. The van der Waals surface area contributed by atoms with Crippen molar-refractivity contribution < 1.29 is 46.2 Å². The minimum atomic E-state index is -4.20. The summed E-state index contributed by atoms with van der Waals surface area (Å²) < 4.78 is 33.6. The average Bonchev–Trinajstić information content (AvgIpc) is 3.33. The van der Waals surface area contributed by atoms with Crippen molar-refractivity contribution in [3.05, 3.63) is 78.8 Å². The first-order chi connectivity index (χ1) is 18.9. The molecular formula is C24H19Cl2N7O4S3Y. The SMILES string of the molecule is [C-]#[N+]c1c(C)c(N=Nc2nc(SC)ns2)c(=O)n(-c2cc(Cl)c(S(=O)(=O)Nc3cc(C)cc(C)c3)cc2Cl)c1O.[Y]. The molecule has 0 aliphatic carbocycles. The molecule has 209 valence electrons. The van der Waals surface area contributed by atoms with Crippen molar-refractivity contribution in [2.24, 2.45) is 10.2 Å². The van der Waals surface area contributed by atoms with E-state index in [0.29, 0.717) is 10.8 Å². The molecule has 2 aromatic heterocycles. The van der Waals surface area contributed by atoms with E-state index in [4.69, 9.17) is 29.8 Å². The number of hydrogen-bond acceptors (Lipinski definition) is 10. The first-order valence-corrected chi connectivity index (χ1v) is 15.4. The Balaban J connectivity index is 0.00000462. The van der Waals surface area contributed by atoms with Crippen LogP contribution in [-0.2, 0) is 42.7 Å². The van der Waals surface area contributed by atoms with Gasteiger partial charge in [0, 0.05) is 49.9 Å². The fraction of sp³-hybridized carbons (Fsp3) is 0.167. The van der Waals surface area contributed by atoms with Gasteiger partial charge in [-0.25, -0.2) is 13.3 Å². The Morgan fingerprint density at radius 2 is 1.76 bits per heavy atom. The molecule has 0 spiro atoms. The third-order valence-corrected chi connectivity index (χ3v) is 8.88. The molecular weight excluding hydrogens is 706 g/mol. The van der Waals surface area contributed by atoms with Crippen LogP contribution in [0.4, 0.5) is 22.2 Å². The molecule has 0 bridgehead atoms. The second-order valence-corrected chi connectivity index (χ2v) is 12.3.